The summed E-state index contributed by atoms with van der Waals surface area (Å²) in [7, 11) is -0.803. The topological polar surface area (TPSA) is 117 Å². The predicted octanol–water partition coefficient (Wildman–Crippen LogP) is 0.156. The van der Waals surface area contributed by atoms with Gasteiger partial charge in [0.15, 0.2) is 11.9 Å². The fraction of sp³-hybridized carbons (Fsp3) is 0.571. The molecule has 0 unspecified atom stereocenters. The third-order valence-corrected chi connectivity index (χ3v) is 4.24. The van der Waals surface area contributed by atoms with Crippen LogP contribution in [-0.2, 0) is 19.6 Å². The molecule has 0 bridgehead atoms. The molecule has 1 aliphatic rings. The van der Waals surface area contributed by atoms with E-state index < -0.39 is 34.2 Å². The molecule has 0 spiro atoms. The van der Waals surface area contributed by atoms with Crippen molar-refractivity contribution in [2.24, 2.45) is 5.73 Å². The second-order valence-corrected chi connectivity index (χ2v) is 7.12. The minimum Gasteiger partial charge on any atom is -0.479 e. The van der Waals surface area contributed by atoms with Crippen LogP contribution in [0.25, 0.3) is 0 Å². The van der Waals surface area contributed by atoms with E-state index in [9.17, 15) is 13.5 Å². The minimum absolute atomic E-state index is 0.0936. The highest BCUT2D eigenvalue weighted by Crippen LogP contribution is 2.42. The van der Waals surface area contributed by atoms with Gasteiger partial charge in [0, 0.05) is 19.8 Å². The first-order valence-electron chi connectivity index (χ1n) is 6.84. The second-order valence-electron chi connectivity index (χ2n) is 5.55. The lowest BCUT2D eigenvalue weighted by Crippen LogP contribution is -2.61. The first-order valence-corrected chi connectivity index (χ1v) is 8.65. The van der Waals surface area contributed by atoms with Crippen LogP contribution in [0.3, 0.4) is 0 Å². The summed E-state index contributed by atoms with van der Waals surface area (Å²) < 4.78 is 43.5. The molecule has 1 aromatic rings. The maximum Gasteiger partial charge on any atom is 0.306 e. The highest BCUT2D eigenvalue weighted by molar-refractivity contribution is 7.86. The van der Waals surface area contributed by atoms with Crippen LogP contribution in [0, 0.1) is 0 Å². The van der Waals surface area contributed by atoms with Gasteiger partial charge >= 0.3 is 10.1 Å². The summed E-state index contributed by atoms with van der Waals surface area (Å²) in [5.74, 6) is 0.487. The molecular weight excluding hydrogens is 326 g/mol. The second kappa shape index (κ2) is 6.25. The zero-order valence-corrected chi connectivity index (χ0v) is 14.2. The number of ether oxygens (including phenoxy) is 3. The van der Waals surface area contributed by atoms with Gasteiger partial charge in [0.25, 0.3) is 0 Å². The standard InChI is InChI=1S/C14H21NO7S/c1-14(13(19-2)20-3)12(16)11(15)9-7-8(22-23(4,17)18)5-6-10(9)21-14/h5-7,11-13,16H,15H2,1-4H3/t11-,12+,14+/m1/s1. The van der Waals surface area contributed by atoms with Gasteiger partial charge in [0.1, 0.15) is 17.6 Å². The molecule has 0 aliphatic carbocycles. The van der Waals surface area contributed by atoms with Crippen LogP contribution in [0.4, 0.5) is 0 Å². The minimum atomic E-state index is -3.66. The summed E-state index contributed by atoms with van der Waals surface area (Å²) >= 11 is 0. The zero-order chi connectivity index (χ0) is 17.4. The SMILES string of the molecule is COC(OC)[C@@]1(C)Oc2ccc(OS(C)(=O)=O)cc2[C@@H](N)[C@@H]1O. The molecule has 8 nitrogen and oxygen atoms in total. The number of fused-ring (bicyclic) bond motifs is 1. The molecule has 0 radical (unpaired) electrons. The molecule has 2 rings (SSSR count). The van der Waals surface area contributed by atoms with Gasteiger partial charge in [0.05, 0.1) is 12.3 Å². The Morgan fingerprint density at radius 1 is 1.35 bits per heavy atom. The molecule has 0 fully saturated rings. The van der Waals surface area contributed by atoms with Gasteiger partial charge in [-0.25, -0.2) is 0 Å². The molecule has 3 N–H and O–H groups in total. The van der Waals surface area contributed by atoms with Crippen LogP contribution in [0.15, 0.2) is 18.2 Å². The molecule has 1 heterocycles. The lowest BCUT2D eigenvalue weighted by molar-refractivity contribution is -0.237. The van der Waals surface area contributed by atoms with E-state index in [1.807, 2.05) is 0 Å². The van der Waals surface area contributed by atoms with Crippen LogP contribution in [0.2, 0.25) is 0 Å². The van der Waals surface area contributed by atoms with Crippen LogP contribution in [-0.4, -0.2) is 52.0 Å². The summed E-state index contributed by atoms with van der Waals surface area (Å²) in [5.41, 5.74) is 5.30. The Bertz CT molecular complexity index is 674. The smallest absolute Gasteiger partial charge is 0.306 e. The molecule has 9 heteroatoms. The van der Waals surface area contributed by atoms with Crippen LogP contribution >= 0.6 is 0 Å². The van der Waals surface area contributed by atoms with Gasteiger partial charge in [-0.3, -0.25) is 0 Å². The van der Waals surface area contributed by atoms with Crippen molar-refractivity contribution in [3.05, 3.63) is 23.8 Å². The monoisotopic (exact) mass is 347 g/mol. The molecule has 1 aliphatic heterocycles. The number of benzene rings is 1. The van der Waals surface area contributed by atoms with Gasteiger partial charge in [-0.1, -0.05) is 0 Å². The van der Waals surface area contributed by atoms with E-state index in [0.29, 0.717) is 11.3 Å². The van der Waals surface area contributed by atoms with E-state index in [4.69, 9.17) is 24.1 Å². The van der Waals surface area contributed by atoms with E-state index in [2.05, 4.69) is 0 Å². The number of methoxy groups -OCH3 is 2. The first kappa shape index (κ1) is 18.0. The number of hydrogen-bond donors (Lipinski definition) is 2. The molecule has 0 amide bonds. The largest absolute Gasteiger partial charge is 0.479 e. The fourth-order valence-electron chi connectivity index (χ4n) is 2.68. The first-order chi connectivity index (χ1) is 10.6. The van der Waals surface area contributed by atoms with Crippen LogP contribution in [0.5, 0.6) is 11.5 Å². The maximum absolute atomic E-state index is 11.2. The average Bonchev–Trinajstić information content (AvgIpc) is 2.45. The lowest BCUT2D eigenvalue weighted by Gasteiger charge is -2.45. The normalized spacial score (nSPS) is 27.4. The number of nitrogens with two attached hydrogens (primary N) is 1. The zero-order valence-electron chi connectivity index (χ0n) is 13.3. The number of hydrogen-bond acceptors (Lipinski definition) is 8. The van der Waals surface area contributed by atoms with Crippen molar-refractivity contribution in [1.82, 2.24) is 0 Å². The Labute approximate surface area is 135 Å². The van der Waals surface area contributed by atoms with E-state index in [1.165, 1.54) is 32.4 Å². The Morgan fingerprint density at radius 3 is 2.48 bits per heavy atom. The van der Waals surface area contributed by atoms with Gasteiger partial charge in [-0.05, 0) is 25.1 Å². The molecule has 0 saturated carbocycles. The highest BCUT2D eigenvalue weighted by atomic mass is 32.2. The van der Waals surface area contributed by atoms with E-state index in [0.717, 1.165) is 6.26 Å². The van der Waals surface area contributed by atoms with Crippen molar-refractivity contribution in [1.29, 1.82) is 0 Å². The van der Waals surface area contributed by atoms with Crippen molar-refractivity contribution in [3.8, 4) is 11.5 Å². The van der Waals surface area contributed by atoms with Gasteiger partial charge < -0.3 is 29.2 Å². The lowest BCUT2D eigenvalue weighted by atomic mass is 9.85. The van der Waals surface area contributed by atoms with Crippen molar-refractivity contribution >= 4 is 10.1 Å². The van der Waals surface area contributed by atoms with Crippen LogP contribution in [0.1, 0.15) is 18.5 Å². The van der Waals surface area contributed by atoms with Crippen molar-refractivity contribution < 1.29 is 31.9 Å². The molecule has 130 valence electrons. The summed E-state index contributed by atoms with van der Waals surface area (Å²) in [5, 5.41) is 10.5. The summed E-state index contributed by atoms with van der Waals surface area (Å²) in [4.78, 5) is 0. The van der Waals surface area contributed by atoms with E-state index >= 15 is 0 Å². The molecule has 23 heavy (non-hydrogen) atoms. The Hall–Kier alpha value is -1.39. The summed E-state index contributed by atoms with van der Waals surface area (Å²) in [6.07, 6.45) is -1.05. The van der Waals surface area contributed by atoms with Crippen LogP contribution < -0.4 is 14.7 Å². The van der Waals surface area contributed by atoms with Gasteiger partial charge in [-0.2, -0.15) is 8.42 Å². The molecule has 1 aromatic carbocycles. The quantitative estimate of drug-likeness (QED) is 0.571. The fourth-order valence-corrected chi connectivity index (χ4v) is 3.14. The third kappa shape index (κ3) is 3.43. The van der Waals surface area contributed by atoms with Gasteiger partial charge in [-0.15, -0.1) is 0 Å². The molecule has 0 saturated heterocycles. The van der Waals surface area contributed by atoms with Crippen molar-refractivity contribution in [2.45, 2.75) is 31.0 Å². The number of aliphatic hydroxyl groups excluding tert-OH is 1. The van der Waals surface area contributed by atoms with Gasteiger partial charge in [0.2, 0.25) is 0 Å². The highest BCUT2D eigenvalue weighted by Gasteiger charge is 2.51. The van der Waals surface area contributed by atoms with E-state index in [1.54, 1.807) is 6.92 Å². The Balaban J connectivity index is 2.42. The van der Waals surface area contributed by atoms with Crippen molar-refractivity contribution in [2.75, 3.05) is 20.5 Å². The number of rotatable bonds is 5. The molecule has 0 aromatic heterocycles. The third-order valence-electron chi connectivity index (χ3n) is 3.74. The summed E-state index contributed by atoms with van der Waals surface area (Å²) in [6, 6.07) is 3.57. The molecular formula is C14H21NO7S. The number of aliphatic hydroxyl groups is 1. The molecule has 3 atom stereocenters. The Morgan fingerprint density at radius 2 is 1.96 bits per heavy atom. The Kier molecular flexibility index (Phi) is 4.88. The summed E-state index contributed by atoms with van der Waals surface area (Å²) in [6.45, 7) is 1.62. The van der Waals surface area contributed by atoms with Crippen molar-refractivity contribution in [3.63, 3.8) is 0 Å². The maximum atomic E-state index is 11.2. The predicted molar refractivity (Wildman–Crippen MR) is 81.7 cm³/mol. The average molecular weight is 347 g/mol. The van der Waals surface area contributed by atoms with E-state index in [-0.39, 0.29) is 5.75 Å².